The first-order valence-electron chi connectivity index (χ1n) is 3.11. The molecule has 0 N–H and O–H groups in total. The minimum absolute atomic E-state index is 0.283. The molecule has 0 unspecified atom stereocenters. The number of esters is 1. The van der Waals surface area contributed by atoms with Crippen molar-refractivity contribution in [3.8, 4) is 0 Å². The van der Waals surface area contributed by atoms with Gasteiger partial charge in [-0.05, 0) is 12.8 Å². The zero-order valence-electron chi connectivity index (χ0n) is 5.97. The van der Waals surface area contributed by atoms with E-state index < -0.39 is 0 Å². The zero-order chi connectivity index (χ0) is 7.82. The van der Waals surface area contributed by atoms with Crippen LogP contribution in [0.4, 0.5) is 0 Å². The number of hydrogen-bond acceptors (Lipinski definition) is 2. The first-order chi connectivity index (χ1) is 4.81. The maximum absolute atomic E-state index is 10.5. The van der Waals surface area contributed by atoms with Gasteiger partial charge in [0.05, 0.1) is 7.11 Å². The number of ether oxygens (including phenoxy) is 1. The summed E-state index contributed by atoms with van der Waals surface area (Å²) >= 11 is 3.28. The van der Waals surface area contributed by atoms with Gasteiger partial charge in [-0.1, -0.05) is 22.0 Å². The first-order valence-corrected chi connectivity index (χ1v) is 4.24. The second-order valence-corrected chi connectivity index (χ2v) is 2.55. The highest BCUT2D eigenvalue weighted by Gasteiger charge is 1.88. The van der Waals surface area contributed by atoms with Gasteiger partial charge in [0.25, 0.3) is 0 Å². The molecule has 0 atom stereocenters. The van der Waals surface area contributed by atoms with Gasteiger partial charge in [0, 0.05) is 11.4 Å². The van der Waals surface area contributed by atoms with Gasteiger partial charge in [-0.25, -0.2) is 4.79 Å². The molecule has 0 rings (SSSR count). The molecule has 0 aliphatic carbocycles. The Labute approximate surface area is 69.4 Å². The molecular weight excluding hydrogens is 196 g/mol. The van der Waals surface area contributed by atoms with Gasteiger partial charge in [0.2, 0.25) is 0 Å². The van der Waals surface area contributed by atoms with Crippen LogP contribution in [0.15, 0.2) is 12.2 Å². The number of unbranched alkanes of at least 4 members (excludes halogenated alkanes) is 1. The molecule has 0 aromatic rings. The third-order valence-electron chi connectivity index (χ3n) is 0.960. The van der Waals surface area contributed by atoms with Crippen LogP contribution in [0.3, 0.4) is 0 Å². The molecule has 2 nitrogen and oxygen atoms in total. The second-order valence-electron chi connectivity index (χ2n) is 1.76. The summed E-state index contributed by atoms with van der Waals surface area (Å²) < 4.78 is 4.39. The Kier molecular flexibility index (Phi) is 6.59. The summed E-state index contributed by atoms with van der Waals surface area (Å²) in [6, 6.07) is 0. The van der Waals surface area contributed by atoms with Crippen molar-refractivity contribution in [2.45, 2.75) is 12.8 Å². The topological polar surface area (TPSA) is 26.3 Å². The van der Waals surface area contributed by atoms with Crippen LogP contribution < -0.4 is 0 Å². The number of allylic oxidation sites excluding steroid dienone is 1. The Morgan fingerprint density at radius 3 is 2.90 bits per heavy atom. The molecule has 0 aliphatic rings. The number of carbonyl (C=O) groups excluding carboxylic acids is 1. The minimum atomic E-state index is -0.283. The van der Waals surface area contributed by atoms with E-state index in [1.807, 2.05) is 6.08 Å². The summed E-state index contributed by atoms with van der Waals surface area (Å²) in [5, 5.41) is 0.971. The predicted octanol–water partition coefficient (Wildman–Crippen LogP) is 1.89. The number of methoxy groups -OCH3 is 1. The van der Waals surface area contributed by atoms with E-state index in [-0.39, 0.29) is 5.97 Å². The number of rotatable bonds is 4. The van der Waals surface area contributed by atoms with Crippen LogP contribution in [-0.4, -0.2) is 18.4 Å². The fourth-order valence-corrected chi connectivity index (χ4v) is 0.766. The summed E-state index contributed by atoms with van der Waals surface area (Å²) in [6.45, 7) is 0. The molecule has 0 saturated heterocycles. The van der Waals surface area contributed by atoms with Gasteiger partial charge in [-0.15, -0.1) is 0 Å². The van der Waals surface area contributed by atoms with Crippen LogP contribution in [0, 0.1) is 0 Å². The maximum atomic E-state index is 10.5. The highest BCUT2D eigenvalue weighted by molar-refractivity contribution is 9.09. The van der Waals surface area contributed by atoms with Crippen LogP contribution >= 0.6 is 15.9 Å². The van der Waals surface area contributed by atoms with Crippen molar-refractivity contribution >= 4 is 21.9 Å². The molecule has 0 amide bonds. The average Bonchev–Trinajstić information content (AvgIpc) is 1.98. The van der Waals surface area contributed by atoms with Crippen molar-refractivity contribution in [2.75, 3.05) is 12.4 Å². The van der Waals surface area contributed by atoms with E-state index in [2.05, 4.69) is 20.7 Å². The molecule has 0 aromatic carbocycles. The van der Waals surface area contributed by atoms with Gasteiger partial charge >= 0.3 is 5.97 Å². The molecule has 0 heterocycles. The highest BCUT2D eigenvalue weighted by Crippen LogP contribution is 1.94. The van der Waals surface area contributed by atoms with Gasteiger partial charge in [0.15, 0.2) is 0 Å². The lowest BCUT2D eigenvalue weighted by atomic mass is 10.3. The van der Waals surface area contributed by atoms with Crippen molar-refractivity contribution in [1.29, 1.82) is 0 Å². The molecule has 0 aliphatic heterocycles. The fraction of sp³-hybridized carbons (Fsp3) is 0.571. The zero-order valence-corrected chi connectivity index (χ0v) is 7.56. The molecule has 58 valence electrons. The summed E-state index contributed by atoms with van der Waals surface area (Å²) in [6.07, 6.45) is 5.23. The van der Waals surface area contributed by atoms with E-state index in [0.717, 1.165) is 18.2 Å². The van der Waals surface area contributed by atoms with E-state index in [1.54, 1.807) is 0 Å². The molecule has 0 saturated carbocycles. The first kappa shape index (κ1) is 9.69. The average molecular weight is 207 g/mol. The molecule has 10 heavy (non-hydrogen) atoms. The fourth-order valence-electron chi connectivity index (χ4n) is 0.443. The smallest absolute Gasteiger partial charge is 0.330 e. The van der Waals surface area contributed by atoms with Crippen LogP contribution in [0.25, 0.3) is 0 Å². The van der Waals surface area contributed by atoms with E-state index in [4.69, 9.17) is 0 Å². The van der Waals surface area contributed by atoms with E-state index in [9.17, 15) is 4.79 Å². The van der Waals surface area contributed by atoms with Gasteiger partial charge in [-0.2, -0.15) is 0 Å². The van der Waals surface area contributed by atoms with Gasteiger partial charge < -0.3 is 4.74 Å². The molecular formula is C7H11BrO2. The van der Waals surface area contributed by atoms with E-state index in [1.165, 1.54) is 13.2 Å². The molecule has 3 heteroatoms. The number of carbonyl (C=O) groups is 1. The van der Waals surface area contributed by atoms with Crippen molar-refractivity contribution in [3.05, 3.63) is 12.2 Å². The van der Waals surface area contributed by atoms with Crippen molar-refractivity contribution in [2.24, 2.45) is 0 Å². The van der Waals surface area contributed by atoms with Crippen LogP contribution in [0.1, 0.15) is 12.8 Å². The van der Waals surface area contributed by atoms with Gasteiger partial charge in [0.1, 0.15) is 0 Å². The maximum Gasteiger partial charge on any atom is 0.330 e. The van der Waals surface area contributed by atoms with Crippen molar-refractivity contribution in [3.63, 3.8) is 0 Å². The molecule has 0 aromatic heterocycles. The quantitative estimate of drug-likeness (QED) is 0.304. The normalized spacial score (nSPS) is 10.2. The van der Waals surface area contributed by atoms with Crippen LogP contribution in [-0.2, 0) is 9.53 Å². The third kappa shape index (κ3) is 5.82. The molecule has 0 bridgehead atoms. The standard InChI is InChI=1S/C7H11BrO2/c1-10-7(9)5-3-2-4-6-8/h3,5H,2,4,6H2,1H3/b5-3+. The Morgan fingerprint density at radius 1 is 1.70 bits per heavy atom. The van der Waals surface area contributed by atoms with Gasteiger partial charge in [-0.3, -0.25) is 0 Å². The van der Waals surface area contributed by atoms with Crippen LogP contribution in [0.5, 0.6) is 0 Å². The minimum Gasteiger partial charge on any atom is -0.466 e. The van der Waals surface area contributed by atoms with E-state index >= 15 is 0 Å². The summed E-state index contributed by atoms with van der Waals surface area (Å²) in [5.74, 6) is -0.283. The summed E-state index contributed by atoms with van der Waals surface area (Å²) in [4.78, 5) is 10.5. The summed E-state index contributed by atoms with van der Waals surface area (Å²) in [7, 11) is 1.37. The number of alkyl halides is 1. The van der Waals surface area contributed by atoms with Crippen molar-refractivity contribution in [1.82, 2.24) is 0 Å². The van der Waals surface area contributed by atoms with Crippen molar-refractivity contribution < 1.29 is 9.53 Å². The number of halogens is 1. The highest BCUT2D eigenvalue weighted by atomic mass is 79.9. The molecule has 0 radical (unpaired) electrons. The third-order valence-corrected chi connectivity index (χ3v) is 1.52. The largest absolute Gasteiger partial charge is 0.466 e. The SMILES string of the molecule is COC(=O)/C=C/CCCBr. The lowest BCUT2D eigenvalue weighted by Crippen LogP contribution is -1.93. The molecule has 0 spiro atoms. The Morgan fingerprint density at radius 2 is 2.40 bits per heavy atom. The lowest BCUT2D eigenvalue weighted by molar-refractivity contribution is -0.134. The monoisotopic (exact) mass is 206 g/mol. The van der Waals surface area contributed by atoms with Crippen LogP contribution in [0.2, 0.25) is 0 Å². The Balaban J connectivity index is 3.27. The Bertz CT molecular complexity index is 121. The number of hydrogen-bond donors (Lipinski definition) is 0. The van der Waals surface area contributed by atoms with E-state index in [0.29, 0.717) is 0 Å². The molecule has 0 fully saturated rings. The summed E-state index contributed by atoms with van der Waals surface area (Å²) in [5.41, 5.74) is 0. The Hall–Kier alpha value is -0.310. The lowest BCUT2D eigenvalue weighted by Gasteiger charge is -1.88. The predicted molar refractivity (Wildman–Crippen MR) is 44.2 cm³/mol. The second kappa shape index (κ2) is 6.81.